The van der Waals surface area contributed by atoms with Crippen molar-refractivity contribution in [2.45, 2.75) is 6.42 Å². The molecule has 11 aromatic rings. The summed E-state index contributed by atoms with van der Waals surface area (Å²) in [5, 5.41) is 4.59. The Labute approximate surface area is 364 Å². The van der Waals surface area contributed by atoms with Gasteiger partial charge in [-0.25, -0.2) is 4.98 Å². The van der Waals surface area contributed by atoms with E-state index in [0.717, 1.165) is 66.1 Å². The van der Waals surface area contributed by atoms with E-state index in [1.54, 1.807) is 0 Å². The fourth-order valence-electron chi connectivity index (χ4n) is 9.34. The van der Waals surface area contributed by atoms with Gasteiger partial charge >= 0.3 is 0 Å². The molecule has 3 heterocycles. The highest BCUT2D eigenvalue weighted by molar-refractivity contribution is 6.24. The van der Waals surface area contributed by atoms with Crippen LogP contribution in [-0.2, 0) is 0 Å². The minimum Gasteiger partial charge on any atom is -0.310 e. The molecule has 12 rings (SSSR count). The quantitative estimate of drug-likeness (QED) is 0.161. The van der Waals surface area contributed by atoms with Gasteiger partial charge in [0.05, 0.1) is 22.1 Å². The van der Waals surface area contributed by atoms with Crippen molar-refractivity contribution in [2.75, 3.05) is 0 Å². The van der Waals surface area contributed by atoms with Crippen LogP contribution in [0.3, 0.4) is 0 Å². The summed E-state index contributed by atoms with van der Waals surface area (Å²) in [6.07, 6.45) is 5.08. The number of hydrogen-bond acceptors (Lipinski definition) is 3. The number of hydrogen-bond donors (Lipinski definition) is 0. The van der Waals surface area contributed by atoms with E-state index < -0.39 is 0 Å². The maximum Gasteiger partial charge on any atom is 0.238 e. The topological polar surface area (TPSA) is 48.5 Å². The SMILES string of the molecule is C=C1C=CC(c2ccccc2)=C(n2c3ccccc3c3ccc4c5ccccc5n(-c5nc(-c6ccccc6)nc(-c6ccc(-c7ccc(-c8ccccc8)cc7)cc6)n5)c4c32)C1. The average molecular weight is 806 g/mol. The number of benzene rings is 8. The molecule has 1 aliphatic carbocycles. The molecule has 0 radical (unpaired) electrons. The highest BCUT2D eigenvalue weighted by Gasteiger charge is 2.26. The van der Waals surface area contributed by atoms with Crippen LogP contribution in [0, 0.1) is 0 Å². The third kappa shape index (κ3) is 6.21. The van der Waals surface area contributed by atoms with Crippen molar-refractivity contribution in [1.82, 2.24) is 24.1 Å². The molecule has 1 aliphatic rings. The van der Waals surface area contributed by atoms with Crippen LogP contribution in [-0.4, -0.2) is 24.1 Å². The standard InChI is InChI=1S/C58H39N5/c1-38-25-34-46(43-17-7-3-8-18-43)53(37-38)62-51-23-13-11-21-47(51)49-35-36-50-48-22-12-14-24-52(48)63(55(50)54(49)62)58-60-56(44-19-9-4-10-20-44)59-57(61-58)45-32-30-42(31-33-45)41-28-26-40(27-29-41)39-15-5-2-6-16-39/h2-36H,1,37H2. The van der Waals surface area contributed by atoms with E-state index in [-0.39, 0.29) is 0 Å². The van der Waals surface area contributed by atoms with Crippen LogP contribution in [0.2, 0.25) is 0 Å². The van der Waals surface area contributed by atoms with Crippen molar-refractivity contribution < 1.29 is 0 Å². The second-order valence-electron chi connectivity index (χ2n) is 16.1. The fourth-order valence-corrected chi connectivity index (χ4v) is 9.34. The molecule has 0 fully saturated rings. The van der Waals surface area contributed by atoms with Gasteiger partial charge in [0, 0.05) is 50.4 Å². The van der Waals surface area contributed by atoms with E-state index in [2.05, 4.69) is 204 Å². The molecule has 0 saturated carbocycles. The van der Waals surface area contributed by atoms with Gasteiger partial charge in [0.1, 0.15) is 0 Å². The highest BCUT2D eigenvalue weighted by atomic mass is 15.2. The van der Waals surface area contributed by atoms with Gasteiger partial charge in [0.2, 0.25) is 5.95 Å². The monoisotopic (exact) mass is 805 g/mol. The first-order valence-electron chi connectivity index (χ1n) is 21.3. The van der Waals surface area contributed by atoms with Gasteiger partial charge < -0.3 is 4.57 Å². The van der Waals surface area contributed by atoms with E-state index in [9.17, 15) is 0 Å². The lowest BCUT2D eigenvalue weighted by Gasteiger charge is -2.21. The first-order chi connectivity index (χ1) is 31.2. The summed E-state index contributed by atoms with van der Waals surface area (Å²) in [4.78, 5) is 15.9. The zero-order valence-electron chi connectivity index (χ0n) is 34.4. The second-order valence-corrected chi connectivity index (χ2v) is 16.1. The van der Waals surface area contributed by atoms with Crippen molar-refractivity contribution in [1.29, 1.82) is 0 Å². The second kappa shape index (κ2) is 14.9. The van der Waals surface area contributed by atoms with Gasteiger partial charge in [-0.05, 0) is 45.5 Å². The summed E-state index contributed by atoms with van der Waals surface area (Å²) in [7, 11) is 0. The molecule has 0 saturated heterocycles. The van der Waals surface area contributed by atoms with Crippen molar-refractivity contribution >= 4 is 54.9 Å². The van der Waals surface area contributed by atoms with Crippen molar-refractivity contribution in [3.63, 3.8) is 0 Å². The van der Waals surface area contributed by atoms with Crippen molar-refractivity contribution in [3.8, 4) is 51.0 Å². The van der Waals surface area contributed by atoms with E-state index in [1.807, 2.05) is 24.3 Å². The Kier molecular flexibility index (Phi) is 8.64. The molecular weight excluding hydrogens is 767 g/mol. The smallest absolute Gasteiger partial charge is 0.238 e. The molecule has 8 aromatic carbocycles. The molecule has 0 atom stereocenters. The van der Waals surface area contributed by atoms with E-state index in [1.165, 1.54) is 33.3 Å². The Morgan fingerprint density at radius 2 is 0.762 bits per heavy atom. The molecule has 0 N–H and O–H groups in total. The lowest BCUT2D eigenvalue weighted by Crippen LogP contribution is -2.08. The van der Waals surface area contributed by atoms with Crippen LogP contribution in [0.25, 0.3) is 106 Å². The summed E-state index contributed by atoms with van der Waals surface area (Å²) in [6, 6.07) is 70.6. The zero-order chi connectivity index (χ0) is 41.9. The average Bonchev–Trinajstić information content (AvgIpc) is 3.88. The van der Waals surface area contributed by atoms with E-state index in [4.69, 9.17) is 15.0 Å². The van der Waals surface area contributed by atoms with Crippen LogP contribution in [0.1, 0.15) is 12.0 Å². The van der Waals surface area contributed by atoms with Crippen LogP contribution in [0.15, 0.2) is 224 Å². The maximum absolute atomic E-state index is 5.39. The normalized spacial score (nSPS) is 12.9. The number of para-hydroxylation sites is 2. The summed E-state index contributed by atoms with van der Waals surface area (Å²) >= 11 is 0. The number of aromatic nitrogens is 5. The number of allylic oxidation sites excluding steroid dienone is 5. The summed E-state index contributed by atoms with van der Waals surface area (Å²) in [5.74, 6) is 1.77. The lowest BCUT2D eigenvalue weighted by molar-refractivity contribution is 0.953. The number of rotatable bonds is 7. The van der Waals surface area contributed by atoms with Crippen molar-refractivity contribution in [2.24, 2.45) is 0 Å². The largest absolute Gasteiger partial charge is 0.310 e. The maximum atomic E-state index is 5.39. The van der Waals surface area contributed by atoms with Crippen molar-refractivity contribution in [3.05, 3.63) is 230 Å². The Balaban J connectivity index is 1.10. The Morgan fingerprint density at radius 3 is 1.32 bits per heavy atom. The van der Waals surface area contributed by atoms with Gasteiger partial charge in [-0.15, -0.1) is 0 Å². The Hall–Kier alpha value is -8.41. The lowest BCUT2D eigenvalue weighted by atomic mass is 9.94. The first kappa shape index (κ1) is 36.4. The van der Waals surface area contributed by atoms with Gasteiger partial charge in [-0.1, -0.05) is 207 Å². The summed E-state index contributed by atoms with van der Waals surface area (Å²) < 4.78 is 4.74. The number of nitrogens with zero attached hydrogens (tertiary/aromatic N) is 5. The Morgan fingerprint density at radius 1 is 0.349 bits per heavy atom. The summed E-state index contributed by atoms with van der Waals surface area (Å²) in [5.41, 5.74) is 15.4. The molecule has 0 spiro atoms. The van der Waals surface area contributed by atoms with Crippen LogP contribution in [0.4, 0.5) is 0 Å². The molecule has 296 valence electrons. The predicted octanol–water partition coefficient (Wildman–Crippen LogP) is 14.6. The minimum atomic E-state index is 0.556. The molecule has 5 heteroatoms. The molecule has 3 aromatic heterocycles. The van der Waals surface area contributed by atoms with Gasteiger partial charge in [-0.2, -0.15) is 9.97 Å². The third-order valence-corrected chi connectivity index (χ3v) is 12.3. The van der Waals surface area contributed by atoms with Gasteiger partial charge in [0.15, 0.2) is 11.6 Å². The third-order valence-electron chi connectivity index (χ3n) is 12.3. The van der Waals surface area contributed by atoms with E-state index >= 15 is 0 Å². The van der Waals surface area contributed by atoms with Crippen LogP contribution >= 0.6 is 0 Å². The minimum absolute atomic E-state index is 0.556. The highest BCUT2D eigenvalue weighted by Crippen LogP contribution is 2.44. The molecule has 5 nitrogen and oxygen atoms in total. The van der Waals surface area contributed by atoms with Gasteiger partial charge in [0.25, 0.3) is 0 Å². The molecule has 0 aliphatic heterocycles. The van der Waals surface area contributed by atoms with Crippen LogP contribution < -0.4 is 0 Å². The predicted molar refractivity (Wildman–Crippen MR) is 261 cm³/mol. The van der Waals surface area contributed by atoms with Crippen LogP contribution in [0.5, 0.6) is 0 Å². The first-order valence-corrected chi connectivity index (χ1v) is 21.3. The summed E-state index contributed by atoms with van der Waals surface area (Å²) in [6.45, 7) is 4.47. The fraction of sp³-hybridized carbons (Fsp3) is 0.0172. The molecule has 63 heavy (non-hydrogen) atoms. The molecule has 0 amide bonds. The molecule has 0 bridgehead atoms. The van der Waals surface area contributed by atoms with Gasteiger partial charge in [-0.3, -0.25) is 4.57 Å². The zero-order valence-corrected chi connectivity index (χ0v) is 34.4. The van der Waals surface area contributed by atoms with E-state index in [0.29, 0.717) is 24.0 Å². The number of fused-ring (bicyclic) bond motifs is 7. The molecular formula is C58H39N5. The molecule has 0 unspecified atom stereocenters. The Bertz CT molecular complexity index is 3610.